The van der Waals surface area contributed by atoms with Crippen LogP contribution in [0.5, 0.6) is 11.5 Å². The number of methoxy groups -OCH3 is 2. The molecule has 2 aromatic carbocycles. The van der Waals surface area contributed by atoms with E-state index in [-0.39, 0.29) is 24.3 Å². The van der Waals surface area contributed by atoms with Crippen molar-refractivity contribution in [2.24, 2.45) is 11.8 Å². The molecule has 1 N–H and O–H groups in total. The Hall–Kier alpha value is -2.57. The maximum absolute atomic E-state index is 12.8. The average molecular weight is 441 g/mol. The van der Waals surface area contributed by atoms with Crippen molar-refractivity contribution >= 4 is 5.91 Å². The van der Waals surface area contributed by atoms with Crippen LogP contribution in [-0.4, -0.2) is 67.8 Å². The lowest BCUT2D eigenvalue weighted by atomic mass is 9.88. The van der Waals surface area contributed by atoms with Gasteiger partial charge in [-0.3, -0.25) is 9.69 Å². The van der Waals surface area contributed by atoms with Crippen LogP contribution in [0.25, 0.3) is 0 Å². The van der Waals surface area contributed by atoms with Crippen LogP contribution in [0.2, 0.25) is 0 Å². The van der Waals surface area contributed by atoms with Gasteiger partial charge in [0.2, 0.25) is 5.91 Å². The Morgan fingerprint density at radius 1 is 1.16 bits per heavy atom. The standard InChI is InChI=1S/C26H36N2O4/c1-19(2)13-28(26(30)18-31-3)16-22-15-27(14-21-8-5-6-11-25(21)29)17-24(22)20-9-7-10-23(12-20)32-4/h5-12,19,22,24,29H,13-18H2,1-4H3. The van der Waals surface area contributed by atoms with E-state index in [1.807, 2.05) is 35.2 Å². The van der Waals surface area contributed by atoms with Gasteiger partial charge in [-0.25, -0.2) is 0 Å². The summed E-state index contributed by atoms with van der Waals surface area (Å²) in [5.41, 5.74) is 2.14. The SMILES string of the molecule is COCC(=O)N(CC(C)C)CC1CN(Cc2ccccc2O)CC1c1cccc(OC)c1. The maximum Gasteiger partial charge on any atom is 0.248 e. The number of hydrogen-bond donors (Lipinski definition) is 1. The zero-order chi connectivity index (χ0) is 23.1. The Labute approximate surface area is 191 Å². The summed E-state index contributed by atoms with van der Waals surface area (Å²) in [6, 6.07) is 15.7. The maximum atomic E-state index is 12.8. The molecule has 6 heteroatoms. The minimum atomic E-state index is 0.0322. The Morgan fingerprint density at radius 2 is 1.94 bits per heavy atom. The Balaban J connectivity index is 1.84. The number of rotatable bonds is 10. The van der Waals surface area contributed by atoms with Crippen molar-refractivity contribution in [3.05, 3.63) is 59.7 Å². The fourth-order valence-corrected chi connectivity index (χ4v) is 4.63. The average Bonchev–Trinajstić information content (AvgIpc) is 3.17. The number of phenolic OH excluding ortho intramolecular Hbond substituents is 1. The van der Waals surface area contributed by atoms with Gasteiger partial charge in [-0.05, 0) is 35.6 Å². The van der Waals surface area contributed by atoms with E-state index in [1.54, 1.807) is 20.3 Å². The minimum Gasteiger partial charge on any atom is -0.508 e. The molecule has 1 aliphatic heterocycles. The van der Waals surface area contributed by atoms with Crippen LogP contribution >= 0.6 is 0 Å². The van der Waals surface area contributed by atoms with Gasteiger partial charge in [0.05, 0.1) is 7.11 Å². The molecule has 1 aliphatic rings. The summed E-state index contributed by atoms with van der Waals surface area (Å²) >= 11 is 0. The number of ether oxygens (including phenoxy) is 2. The quantitative estimate of drug-likeness (QED) is 0.610. The highest BCUT2D eigenvalue weighted by atomic mass is 16.5. The van der Waals surface area contributed by atoms with E-state index in [2.05, 4.69) is 30.9 Å². The van der Waals surface area contributed by atoms with Gasteiger partial charge in [0.1, 0.15) is 18.1 Å². The van der Waals surface area contributed by atoms with Gasteiger partial charge in [0, 0.05) is 51.3 Å². The molecule has 0 radical (unpaired) electrons. The largest absolute Gasteiger partial charge is 0.508 e. The van der Waals surface area contributed by atoms with Crippen molar-refractivity contribution in [3.8, 4) is 11.5 Å². The number of likely N-dealkylation sites (tertiary alicyclic amines) is 1. The molecule has 1 amide bonds. The summed E-state index contributed by atoms with van der Waals surface area (Å²) in [6.07, 6.45) is 0. The second kappa shape index (κ2) is 11.3. The van der Waals surface area contributed by atoms with Gasteiger partial charge in [-0.1, -0.05) is 44.2 Å². The van der Waals surface area contributed by atoms with Crippen molar-refractivity contribution in [2.45, 2.75) is 26.3 Å². The third kappa shape index (κ3) is 6.24. The molecule has 0 bridgehead atoms. The van der Waals surface area contributed by atoms with E-state index in [4.69, 9.17) is 9.47 Å². The first kappa shape index (κ1) is 24.1. The lowest BCUT2D eigenvalue weighted by Gasteiger charge is -2.30. The van der Waals surface area contributed by atoms with Crippen LogP contribution in [-0.2, 0) is 16.1 Å². The molecule has 32 heavy (non-hydrogen) atoms. The fraction of sp³-hybridized carbons (Fsp3) is 0.500. The van der Waals surface area contributed by atoms with E-state index in [9.17, 15) is 9.90 Å². The molecular formula is C26H36N2O4. The van der Waals surface area contributed by atoms with Crippen molar-refractivity contribution in [1.82, 2.24) is 9.80 Å². The van der Waals surface area contributed by atoms with Crippen LogP contribution in [0.15, 0.2) is 48.5 Å². The van der Waals surface area contributed by atoms with Crippen LogP contribution < -0.4 is 4.74 Å². The highest BCUT2D eigenvalue weighted by Crippen LogP contribution is 2.36. The topological polar surface area (TPSA) is 62.2 Å². The Bertz CT molecular complexity index is 886. The predicted octanol–water partition coefficient (Wildman–Crippen LogP) is 3.75. The number of aromatic hydroxyl groups is 1. The molecular weight excluding hydrogens is 404 g/mol. The number of hydrogen-bond acceptors (Lipinski definition) is 5. The second-order valence-electron chi connectivity index (χ2n) is 9.09. The summed E-state index contributed by atoms with van der Waals surface area (Å²) in [7, 11) is 3.25. The Morgan fingerprint density at radius 3 is 2.62 bits per heavy atom. The number of carbonyl (C=O) groups excluding carboxylic acids is 1. The first-order valence-corrected chi connectivity index (χ1v) is 11.3. The number of nitrogens with zero attached hydrogens (tertiary/aromatic N) is 2. The highest BCUT2D eigenvalue weighted by Gasteiger charge is 2.36. The van der Waals surface area contributed by atoms with Gasteiger partial charge >= 0.3 is 0 Å². The monoisotopic (exact) mass is 440 g/mol. The summed E-state index contributed by atoms with van der Waals surface area (Å²) in [5, 5.41) is 10.3. The highest BCUT2D eigenvalue weighted by molar-refractivity contribution is 5.77. The minimum absolute atomic E-state index is 0.0322. The van der Waals surface area contributed by atoms with Crippen LogP contribution in [0, 0.1) is 11.8 Å². The summed E-state index contributed by atoms with van der Waals surface area (Å²) in [5.74, 6) is 2.11. The molecule has 2 aromatic rings. The number of carbonyl (C=O) groups is 1. The van der Waals surface area contributed by atoms with Crippen molar-refractivity contribution < 1.29 is 19.4 Å². The number of benzene rings is 2. The molecule has 3 rings (SSSR count). The molecule has 0 saturated carbocycles. The van der Waals surface area contributed by atoms with Gasteiger partial charge in [0.25, 0.3) is 0 Å². The van der Waals surface area contributed by atoms with Crippen molar-refractivity contribution in [3.63, 3.8) is 0 Å². The fourth-order valence-electron chi connectivity index (χ4n) is 4.63. The number of phenols is 1. The van der Waals surface area contributed by atoms with E-state index >= 15 is 0 Å². The molecule has 1 saturated heterocycles. The smallest absolute Gasteiger partial charge is 0.248 e. The molecule has 1 fully saturated rings. The van der Waals surface area contributed by atoms with E-state index in [1.165, 1.54) is 5.56 Å². The second-order valence-corrected chi connectivity index (χ2v) is 9.09. The van der Waals surface area contributed by atoms with Crippen LogP contribution in [0.3, 0.4) is 0 Å². The first-order valence-electron chi connectivity index (χ1n) is 11.3. The number of para-hydroxylation sites is 1. The van der Waals surface area contributed by atoms with E-state index in [0.29, 0.717) is 31.3 Å². The molecule has 174 valence electrons. The van der Waals surface area contributed by atoms with Crippen LogP contribution in [0.4, 0.5) is 0 Å². The first-order chi connectivity index (χ1) is 15.4. The van der Waals surface area contributed by atoms with Crippen LogP contribution in [0.1, 0.15) is 30.9 Å². The normalized spacial score (nSPS) is 18.8. The molecule has 0 aliphatic carbocycles. The van der Waals surface area contributed by atoms with Gasteiger partial charge < -0.3 is 19.5 Å². The third-order valence-corrected chi connectivity index (χ3v) is 6.09. The summed E-state index contributed by atoms with van der Waals surface area (Å²) in [4.78, 5) is 17.1. The summed E-state index contributed by atoms with van der Waals surface area (Å²) in [6.45, 7) is 8.15. The zero-order valence-electron chi connectivity index (χ0n) is 19.7. The molecule has 6 nitrogen and oxygen atoms in total. The molecule has 2 atom stereocenters. The van der Waals surface area contributed by atoms with Gasteiger partial charge in [-0.15, -0.1) is 0 Å². The lowest BCUT2D eigenvalue weighted by molar-refractivity contribution is -0.136. The lowest BCUT2D eigenvalue weighted by Crippen LogP contribution is -2.41. The zero-order valence-corrected chi connectivity index (χ0v) is 19.7. The van der Waals surface area contributed by atoms with Gasteiger partial charge in [-0.2, -0.15) is 0 Å². The van der Waals surface area contributed by atoms with E-state index in [0.717, 1.165) is 24.4 Å². The molecule has 1 heterocycles. The number of amides is 1. The molecule has 0 spiro atoms. The van der Waals surface area contributed by atoms with Gasteiger partial charge in [0.15, 0.2) is 0 Å². The summed E-state index contributed by atoms with van der Waals surface area (Å²) < 4.78 is 10.6. The third-order valence-electron chi connectivity index (χ3n) is 6.09. The predicted molar refractivity (Wildman–Crippen MR) is 126 cm³/mol. The molecule has 0 aromatic heterocycles. The Kier molecular flexibility index (Phi) is 8.53. The van der Waals surface area contributed by atoms with Crippen molar-refractivity contribution in [2.75, 3.05) is 47.0 Å². The van der Waals surface area contributed by atoms with E-state index < -0.39 is 0 Å². The van der Waals surface area contributed by atoms with Crippen molar-refractivity contribution in [1.29, 1.82) is 0 Å². The molecule has 2 unspecified atom stereocenters.